The molecule has 6 heteroatoms. The van der Waals surface area contributed by atoms with Gasteiger partial charge in [0.05, 0.1) is 6.54 Å². The number of pyridine rings is 1. The first-order chi connectivity index (χ1) is 12.8. The minimum atomic E-state index is 0.757. The average molecular weight is 379 g/mol. The molecule has 0 radical (unpaired) electrons. The van der Waals surface area contributed by atoms with Gasteiger partial charge < -0.3 is 0 Å². The van der Waals surface area contributed by atoms with Crippen LogP contribution in [0.15, 0.2) is 71.3 Å². The molecule has 3 aromatic heterocycles. The highest BCUT2D eigenvalue weighted by molar-refractivity contribution is 7.98. The highest BCUT2D eigenvalue weighted by Crippen LogP contribution is 2.28. The number of nitrogens with zero attached hydrogens (tertiary/aromatic N) is 4. The van der Waals surface area contributed by atoms with Crippen molar-refractivity contribution in [2.75, 3.05) is 0 Å². The number of aromatic nitrogens is 4. The van der Waals surface area contributed by atoms with E-state index in [2.05, 4.69) is 68.5 Å². The second-order valence-electron chi connectivity index (χ2n) is 5.90. The second-order valence-corrected chi connectivity index (χ2v) is 7.88. The second kappa shape index (κ2) is 7.85. The molecule has 0 spiro atoms. The van der Waals surface area contributed by atoms with E-state index in [0.29, 0.717) is 0 Å². The van der Waals surface area contributed by atoms with Crippen LogP contribution in [0.1, 0.15) is 16.0 Å². The van der Waals surface area contributed by atoms with E-state index in [4.69, 9.17) is 0 Å². The van der Waals surface area contributed by atoms with Crippen LogP contribution in [-0.4, -0.2) is 19.7 Å². The van der Waals surface area contributed by atoms with Gasteiger partial charge in [-0.3, -0.25) is 9.55 Å². The molecule has 0 unspecified atom stereocenters. The molecule has 4 nitrogen and oxygen atoms in total. The summed E-state index contributed by atoms with van der Waals surface area (Å²) in [6.07, 6.45) is 1.79. The molecule has 1 aromatic carbocycles. The Labute approximate surface area is 161 Å². The van der Waals surface area contributed by atoms with Gasteiger partial charge in [-0.2, -0.15) is 0 Å². The molecule has 0 saturated heterocycles. The maximum Gasteiger partial charge on any atom is 0.192 e. The summed E-state index contributed by atoms with van der Waals surface area (Å²) in [7, 11) is 0. The van der Waals surface area contributed by atoms with Gasteiger partial charge >= 0.3 is 0 Å². The van der Waals surface area contributed by atoms with Crippen molar-refractivity contribution in [3.05, 3.63) is 82.2 Å². The summed E-state index contributed by atoms with van der Waals surface area (Å²) in [6.45, 7) is 2.90. The first-order valence-electron chi connectivity index (χ1n) is 8.35. The monoisotopic (exact) mass is 378 g/mol. The maximum absolute atomic E-state index is 4.46. The predicted molar refractivity (Wildman–Crippen MR) is 107 cm³/mol. The van der Waals surface area contributed by atoms with Gasteiger partial charge in [0.1, 0.15) is 5.69 Å². The van der Waals surface area contributed by atoms with Crippen molar-refractivity contribution < 1.29 is 0 Å². The van der Waals surface area contributed by atoms with Crippen LogP contribution < -0.4 is 0 Å². The Hall–Kier alpha value is -2.44. The van der Waals surface area contributed by atoms with E-state index in [1.54, 1.807) is 29.3 Å². The molecule has 0 aliphatic carbocycles. The third-order valence-electron chi connectivity index (χ3n) is 4.12. The number of aryl methyl sites for hydroxylation is 1. The Balaban J connectivity index is 1.65. The van der Waals surface area contributed by atoms with Crippen LogP contribution in [-0.2, 0) is 12.3 Å². The van der Waals surface area contributed by atoms with Crippen LogP contribution in [0.5, 0.6) is 0 Å². The number of rotatable bonds is 6. The van der Waals surface area contributed by atoms with E-state index in [-0.39, 0.29) is 0 Å². The Morgan fingerprint density at radius 3 is 2.65 bits per heavy atom. The molecular formula is C20H18N4S2. The summed E-state index contributed by atoms with van der Waals surface area (Å²) in [5.41, 5.74) is 3.47. The standard InChI is InChI=1S/C20H18N4S2/c1-15-7-2-3-8-16(15)14-26-20-23-22-19(18-10-4-5-11-21-18)24(20)13-17-9-6-12-25-17/h2-12H,13-14H2,1H3. The van der Waals surface area contributed by atoms with Crippen molar-refractivity contribution in [3.8, 4) is 11.5 Å². The first kappa shape index (κ1) is 17.0. The largest absolute Gasteiger partial charge is 0.295 e. The number of benzene rings is 1. The van der Waals surface area contributed by atoms with Crippen LogP contribution in [0.4, 0.5) is 0 Å². The van der Waals surface area contributed by atoms with E-state index >= 15 is 0 Å². The normalized spacial score (nSPS) is 11.0. The minimum absolute atomic E-state index is 0.757. The molecule has 0 bridgehead atoms. The molecule has 130 valence electrons. The molecule has 0 atom stereocenters. The summed E-state index contributed by atoms with van der Waals surface area (Å²) in [6, 6.07) is 18.6. The van der Waals surface area contributed by atoms with Gasteiger partial charge in [-0.1, -0.05) is 48.2 Å². The highest BCUT2D eigenvalue weighted by Gasteiger charge is 2.16. The fraction of sp³-hybridized carbons (Fsp3) is 0.150. The number of hydrogen-bond donors (Lipinski definition) is 0. The van der Waals surface area contributed by atoms with E-state index in [0.717, 1.165) is 29.0 Å². The van der Waals surface area contributed by atoms with E-state index in [1.165, 1.54) is 16.0 Å². The van der Waals surface area contributed by atoms with Crippen molar-refractivity contribution in [2.45, 2.75) is 24.4 Å². The Bertz CT molecular complexity index is 978. The Morgan fingerprint density at radius 1 is 1.00 bits per heavy atom. The first-order valence-corrected chi connectivity index (χ1v) is 10.2. The average Bonchev–Trinajstić information content (AvgIpc) is 3.32. The fourth-order valence-corrected chi connectivity index (χ4v) is 4.40. The molecule has 0 saturated carbocycles. The van der Waals surface area contributed by atoms with Crippen LogP contribution in [0, 0.1) is 6.92 Å². The van der Waals surface area contributed by atoms with Gasteiger partial charge in [-0.15, -0.1) is 21.5 Å². The highest BCUT2D eigenvalue weighted by atomic mass is 32.2. The molecule has 4 aromatic rings. The van der Waals surface area contributed by atoms with Crippen molar-refractivity contribution >= 4 is 23.1 Å². The summed E-state index contributed by atoms with van der Waals surface area (Å²) >= 11 is 3.46. The van der Waals surface area contributed by atoms with Gasteiger partial charge in [0, 0.05) is 16.8 Å². The molecule has 0 aliphatic heterocycles. The molecule has 0 fully saturated rings. The zero-order valence-electron chi connectivity index (χ0n) is 14.4. The molecular weight excluding hydrogens is 360 g/mol. The number of thiophene rings is 1. The Kier molecular flexibility index (Phi) is 5.13. The van der Waals surface area contributed by atoms with Gasteiger partial charge in [0.2, 0.25) is 0 Å². The van der Waals surface area contributed by atoms with Gasteiger partial charge in [0.15, 0.2) is 11.0 Å². The van der Waals surface area contributed by atoms with Crippen molar-refractivity contribution in [1.82, 2.24) is 19.7 Å². The maximum atomic E-state index is 4.46. The third-order valence-corrected chi connectivity index (χ3v) is 6.00. The predicted octanol–water partition coefficient (Wildman–Crippen LogP) is 5.05. The van der Waals surface area contributed by atoms with Crippen LogP contribution >= 0.6 is 23.1 Å². The van der Waals surface area contributed by atoms with E-state index < -0.39 is 0 Å². The van der Waals surface area contributed by atoms with Crippen molar-refractivity contribution in [3.63, 3.8) is 0 Å². The molecule has 0 amide bonds. The SMILES string of the molecule is Cc1ccccc1CSc1nnc(-c2ccccn2)n1Cc1cccs1. The number of thioether (sulfide) groups is 1. The number of hydrogen-bond acceptors (Lipinski definition) is 5. The molecule has 26 heavy (non-hydrogen) atoms. The third kappa shape index (κ3) is 3.71. The van der Waals surface area contributed by atoms with Gasteiger partial charge in [0.25, 0.3) is 0 Å². The minimum Gasteiger partial charge on any atom is -0.295 e. The quantitative estimate of drug-likeness (QED) is 0.440. The summed E-state index contributed by atoms with van der Waals surface area (Å²) in [5.74, 6) is 1.68. The zero-order chi connectivity index (χ0) is 17.8. The van der Waals surface area contributed by atoms with Gasteiger partial charge in [-0.05, 0) is 41.6 Å². The van der Waals surface area contributed by atoms with Crippen molar-refractivity contribution in [2.24, 2.45) is 0 Å². The lowest BCUT2D eigenvalue weighted by Crippen LogP contribution is -2.03. The topological polar surface area (TPSA) is 43.6 Å². The molecule has 3 heterocycles. The lowest BCUT2D eigenvalue weighted by atomic mass is 10.1. The van der Waals surface area contributed by atoms with E-state index in [1.807, 2.05) is 18.2 Å². The molecule has 4 rings (SSSR count). The smallest absolute Gasteiger partial charge is 0.192 e. The Morgan fingerprint density at radius 2 is 1.88 bits per heavy atom. The lowest BCUT2D eigenvalue weighted by Gasteiger charge is -2.09. The fourth-order valence-electron chi connectivity index (χ4n) is 2.70. The van der Waals surface area contributed by atoms with Crippen molar-refractivity contribution in [1.29, 1.82) is 0 Å². The summed E-state index contributed by atoms with van der Waals surface area (Å²) in [5, 5.41) is 11.9. The lowest BCUT2D eigenvalue weighted by molar-refractivity contribution is 0.721. The molecule has 0 aliphatic rings. The summed E-state index contributed by atoms with van der Waals surface area (Å²) < 4.78 is 2.16. The van der Waals surface area contributed by atoms with Crippen LogP contribution in [0.2, 0.25) is 0 Å². The zero-order valence-corrected chi connectivity index (χ0v) is 16.0. The summed E-state index contributed by atoms with van der Waals surface area (Å²) in [4.78, 5) is 5.73. The van der Waals surface area contributed by atoms with Gasteiger partial charge in [-0.25, -0.2) is 0 Å². The van der Waals surface area contributed by atoms with Crippen LogP contribution in [0.3, 0.4) is 0 Å². The van der Waals surface area contributed by atoms with E-state index in [9.17, 15) is 0 Å². The molecule has 0 N–H and O–H groups in total. The van der Waals surface area contributed by atoms with Crippen LogP contribution in [0.25, 0.3) is 11.5 Å².